The van der Waals surface area contributed by atoms with Gasteiger partial charge in [-0.05, 0) is 23.8 Å². The molecule has 2 aromatic carbocycles. The maximum atomic E-state index is 6.34. The van der Waals surface area contributed by atoms with Crippen LogP contribution in [0.5, 0.6) is 11.5 Å². The summed E-state index contributed by atoms with van der Waals surface area (Å²) < 4.78 is 41.7. The van der Waals surface area contributed by atoms with Crippen LogP contribution in [0.2, 0.25) is 0 Å². The summed E-state index contributed by atoms with van der Waals surface area (Å²) in [5.74, 6) is 0.498. The average molecular weight is 443 g/mol. The van der Waals surface area contributed by atoms with E-state index in [1.165, 1.54) is 0 Å². The Morgan fingerprint density at radius 2 is 1.38 bits per heavy atom. The summed E-state index contributed by atoms with van der Waals surface area (Å²) in [6, 6.07) is 11.6. The molecule has 32 heavy (non-hydrogen) atoms. The lowest BCUT2D eigenvalue weighted by Gasteiger charge is -2.60. The molecular weight excluding hydrogens is 412 g/mol. The molecular formula is C25H30O7. The van der Waals surface area contributed by atoms with Gasteiger partial charge in [-0.1, -0.05) is 24.3 Å². The van der Waals surface area contributed by atoms with E-state index in [4.69, 9.17) is 33.2 Å². The second-order valence-electron chi connectivity index (χ2n) is 7.69. The number of benzene rings is 2. The largest absolute Gasteiger partial charge is 0.496 e. The predicted octanol–water partition coefficient (Wildman–Crippen LogP) is 4.01. The molecule has 0 saturated heterocycles. The van der Waals surface area contributed by atoms with Crippen molar-refractivity contribution in [2.45, 2.75) is 17.5 Å². The van der Waals surface area contributed by atoms with E-state index in [0.29, 0.717) is 17.3 Å². The van der Waals surface area contributed by atoms with Crippen LogP contribution in [0.15, 0.2) is 42.5 Å². The topological polar surface area (TPSA) is 64.6 Å². The van der Waals surface area contributed by atoms with Crippen molar-refractivity contribution in [1.29, 1.82) is 0 Å². The van der Waals surface area contributed by atoms with Crippen LogP contribution in [0, 0.1) is 5.92 Å². The summed E-state index contributed by atoms with van der Waals surface area (Å²) in [4.78, 5) is 0. The van der Waals surface area contributed by atoms with Gasteiger partial charge < -0.3 is 33.2 Å². The summed E-state index contributed by atoms with van der Waals surface area (Å²) in [5.41, 5.74) is 2.41. The van der Waals surface area contributed by atoms with Crippen molar-refractivity contribution in [1.82, 2.24) is 0 Å². The maximum Gasteiger partial charge on any atom is 0.230 e. The lowest BCUT2D eigenvalue weighted by molar-refractivity contribution is -0.367. The van der Waals surface area contributed by atoms with Crippen LogP contribution in [-0.4, -0.2) is 49.8 Å². The van der Waals surface area contributed by atoms with E-state index in [0.717, 1.165) is 22.3 Å². The third kappa shape index (κ3) is 2.62. The summed E-state index contributed by atoms with van der Waals surface area (Å²) in [5, 5.41) is 0. The second-order valence-corrected chi connectivity index (χ2v) is 7.69. The molecule has 0 N–H and O–H groups in total. The molecule has 3 atom stereocenters. The van der Waals surface area contributed by atoms with Crippen LogP contribution in [0.3, 0.4) is 0 Å². The molecule has 0 aliphatic heterocycles. The van der Waals surface area contributed by atoms with Crippen LogP contribution in [-0.2, 0) is 35.1 Å². The summed E-state index contributed by atoms with van der Waals surface area (Å²) in [6.45, 7) is 0. The van der Waals surface area contributed by atoms with Gasteiger partial charge in [0.25, 0.3) is 0 Å². The van der Waals surface area contributed by atoms with Crippen LogP contribution >= 0.6 is 0 Å². The highest BCUT2D eigenvalue weighted by Crippen LogP contribution is 2.67. The maximum absolute atomic E-state index is 6.34. The molecule has 0 saturated carbocycles. The summed E-state index contributed by atoms with van der Waals surface area (Å²) in [6.07, 6.45) is 1.60. The number of ether oxygens (including phenoxy) is 7. The molecule has 4 rings (SSSR count). The van der Waals surface area contributed by atoms with E-state index in [9.17, 15) is 0 Å². The molecule has 0 spiro atoms. The highest BCUT2D eigenvalue weighted by atomic mass is 16.7. The Bertz CT molecular complexity index is 1030. The van der Waals surface area contributed by atoms with Gasteiger partial charge in [0.15, 0.2) is 5.60 Å². The minimum atomic E-state index is -1.18. The standard InChI is InChI=1S/C25H30O7/c1-26-18-12-8-10-15-21(18)20(28-3)14-17(23(15)29-4)24(30-5)22-16(25(24,31-6)32-7)11-9-13-19(22)27-2/h8-14,17,23H,1-7H3/t17-,23+,24?/m0/s1. The Morgan fingerprint density at radius 1 is 0.719 bits per heavy atom. The predicted molar refractivity (Wildman–Crippen MR) is 119 cm³/mol. The minimum Gasteiger partial charge on any atom is -0.496 e. The third-order valence-electron chi connectivity index (χ3n) is 6.79. The first-order chi connectivity index (χ1) is 15.5. The van der Waals surface area contributed by atoms with Crippen molar-refractivity contribution in [3.05, 3.63) is 64.7 Å². The Balaban J connectivity index is 2.03. The van der Waals surface area contributed by atoms with Crippen molar-refractivity contribution in [3.8, 4) is 11.5 Å². The normalized spacial score (nSPS) is 25.2. The lowest BCUT2D eigenvalue weighted by Crippen LogP contribution is -2.66. The van der Waals surface area contributed by atoms with Crippen molar-refractivity contribution < 1.29 is 33.2 Å². The first kappa shape index (κ1) is 22.6. The van der Waals surface area contributed by atoms with Crippen molar-refractivity contribution in [3.63, 3.8) is 0 Å². The first-order valence-corrected chi connectivity index (χ1v) is 10.3. The SMILES string of the molecule is COC1=C[C@H](C2(OC)c3c(OC)cccc3C2(OC)OC)[C@H](OC)c2cccc(OC)c21. The van der Waals surface area contributed by atoms with E-state index in [1.54, 1.807) is 49.8 Å². The molecule has 1 unspecified atom stereocenters. The second kappa shape index (κ2) is 8.41. The highest BCUT2D eigenvalue weighted by Gasteiger charge is 2.72. The smallest absolute Gasteiger partial charge is 0.230 e. The molecule has 0 heterocycles. The van der Waals surface area contributed by atoms with Gasteiger partial charge in [-0.3, -0.25) is 0 Å². The van der Waals surface area contributed by atoms with Gasteiger partial charge in [0, 0.05) is 39.6 Å². The molecule has 0 aromatic heterocycles. The Morgan fingerprint density at radius 3 is 1.94 bits per heavy atom. The molecule has 0 bridgehead atoms. The zero-order chi connectivity index (χ0) is 23.1. The Kier molecular flexibility index (Phi) is 5.94. The fourth-order valence-corrected chi connectivity index (χ4v) is 5.55. The number of methoxy groups -OCH3 is 7. The van der Waals surface area contributed by atoms with Gasteiger partial charge in [-0.25, -0.2) is 0 Å². The molecule has 2 aliphatic carbocycles. The van der Waals surface area contributed by atoms with Crippen molar-refractivity contribution in [2.75, 3.05) is 49.8 Å². The van der Waals surface area contributed by atoms with Gasteiger partial charge in [-0.15, -0.1) is 0 Å². The van der Waals surface area contributed by atoms with E-state index in [-0.39, 0.29) is 5.92 Å². The third-order valence-corrected chi connectivity index (χ3v) is 6.79. The molecule has 2 aromatic rings. The number of hydrogen-bond donors (Lipinski definition) is 0. The monoisotopic (exact) mass is 442 g/mol. The lowest BCUT2D eigenvalue weighted by atomic mass is 9.57. The van der Waals surface area contributed by atoms with Crippen LogP contribution in [0.25, 0.3) is 5.76 Å². The van der Waals surface area contributed by atoms with E-state index in [2.05, 4.69) is 0 Å². The van der Waals surface area contributed by atoms with Crippen molar-refractivity contribution >= 4 is 5.76 Å². The van der Waals surface area contributed by atoms with E-state index < -0.39 is 17.5 Å². The molecule has 7 heteroatoms. The number of fused-ring (bicyclic) bond motifs is 2. The molecule has 0 amide bonds. The van der Waals surface area contributed by atoms with E-state index in [1.807, 2.05) is 42.5 Å². The highest BCUT2D eigenvalue weighted by molar-refractivity contribution is 5.73. The van der Waals surface area contributed by atoms with Gasteiger partial charge >= 0.3 is 0 Å². The van der Waals surface area contributed by atoms with Gasteiger partial charge in [0.2, 0.25) is 5.79 Å². The minimum absolute atomic E-state index is 0.379. The van der Waals surface area contributed by atoms with Gasteiger partial charge in [0.1, 0.15) is 17.3 Å². The average Bonchev–Trinajstić information content (AvgIpc) is 2.84. The number of rotatable bonds is 8. The van der Waals surface area contributed by atoms with E-state index >= 15 is 0 Å². The molecule has 2 aliphatic rings. The zero-order valence-corrected chi connectivity index (χ0v) is 19.6. The molecule has 7 nitrogen and oxygen atoms in total. The molecule has 172 valence electrons. The first-order valence-electron chi connectivity index (χ1n) is 10.3. The quantitative estimate of drug-likeness (QED) is 0.573. The van der Waals surface area contributed by atoms with Crippen LogP contribution < -0.4 is 9.47 Å². The van der Waals surface area contributed by atoms with Gasteiger partial charge in [-0.2, -0.15) is 0 Å². The summed E-state index contributed by atoms with van der Waals surface area (Å²) >= 11 is 0. The Labute approximate surface area is 188 Å². The van der Waals surface area contributed by atoms with Crippen molar-refractivity contribution in [2.24, 2.45) is 5.92 Å². The number of hydrogen-bond acceptors (Lipinski definition) is 7. The summed E-state index contributed by atoms with van der Waals surface area (Å²) in [7, 11) is 11.5. The molecule has 0 radical (unpaired) electrons. The van der Waals surface area contributed by atoms with Crippen LogP contribution in [0.4, 0.5) is 0 Å². The Hall–Kier alpha value is -2.58. The zero-order valence-electron chi connectivity index (χ0n) is 19.6. The fourth-order valence-electron chi connectivity index (χ4n) is 5.55. The van der Waals surface area contributed by atoms with Gasteiger partial charge in [0.05, 0.1) is 38.9 Å². The fraction of sp³-hybridized carbons (Fsp3) is 0.440. The molecule has 0 fully saturated rings. The van der Waals surface area contributed by atoms with Crippen LogP contribution in [0.1, 0.15) is 28.4 Å².